The van der Waals surface area contributed by atoms with Gasteiger partial charge in [-0.2, -0.15) is 0 Å². The number of aromatic nitrogens is 3. The molecule has 0 saturated heterocycles. The number of fused-ring (bicyclic) bond motifs is 1. The fourth-order valence-corrected chi connectivity index (χ4v) is 4.45. The number of primary amides is 1. The maximum Gasteiger partial charge on any atom is 0.248 e. The smallest absolute Gasteiger partial charge is 0.248 e. The van der Waals surface area contributed by atoms with Gasteiger partial charge in [-0.15, -0.1) is 10.2 Å². The van der Waals surface area contributed by atoms with Gasteiger partial charge in [0.2, 0.25) is 11.8 Å². The summed E-state index contributed by atoms with van der Waals surface area (Å²) < 4.78 is 2.32. The summed E-state index contributed by atoms with van der Waals surface area (Å²) >= 11 is 0. The summed E-state index contributed by atoms with van der Waals surface area (Å²) in [7, 11) is 0. The molecule has 28 heavy (non-hydrogen) atoms. The van der Waals surface area contributed by atoms with Gasteiger partial charge in [0.25, 0.3) is 0 Å². The van der Waals surface area contributed by atoms with Crippen LogP contribution in [0.4, 0.5) is 5.69 Å². The minimum Gasteiger partial charge on any atom is -0.366 e. The summed E-state index contributed by atoms with van der Waals surface area (Å²) in [6.45, 7) is 0.902. The quantitative estimate of drug-likeness (QED) is 0.831. The number of aryl methyl sites for hydroxylation is 1. The lowest BCUT2D eigenvalue weighted by atomic mass is 9.96. The third kappa shape index (κ3) is 4.08. The molecule has 0 radical (unpaired) electrons. The van der Waals surface area contributed by atoms with E-state index in [0.717, 1.165) is 37.5 Å². The third-order valence-corrected chi connectivity index (χ3v) is 6.04. The molecule has 1 aromatic carbocycles. The number of anilines is 1. The molecule has 7 nitrogen and oxygen atoms in total. The Morgan fingerprint density at radius 2 is 1.82 bits per heavy atom. The highest BCUT2D eigenvalue weighted by molar-refractivity contribution is 5.94. The molecule has 1 atom stereocenters. The number of nitrogens with zero attached hydrogens (tertiary/aromatic N) is 3. The van der Waals surface area contributed by atoms with E-state index in [9.17, 15) is 9.59 Å². The van der Waals surface area contributed by atoms with Gasteiger partial charge in [-0.25, -0.2) is 0 Å². The Morgan fingerprint density at radius 3 is 2.54 bits per heavy atom. The fourth-order valence-electron chi connectivity index (χ4n) is 4.45. The molecule has 1 aromatic heterocycles. The van der Waals surface area contributed by atoms with E-state index in [1.807, 2.05) is 0 Å². The predicted molar refractivity (Wildman–Crippen MR) is 106 cm³/mol. The lowest BCUT2D eigenvalue weighted by molar-refractivity contribution is -0.117. The molecular formula is C21H27N5O2. The average Bonchev–Trinajstić information content (AvgIpc) is 3.30. The van der Waals surface area contributed by atoms with E-state index in [2.05, 4.69) is 20.1 Å². The first-order valence-electron chi connectivity index (χ1n) is 10.2. The zero-order chi connectivity index (χ0) is 19.5. The van der Waals surface area contributed by atoms with Crippen LogP contribution in [0.25, 0.3) is 0 Å². The van der Waals surface area contributed by atoms with Gasteiger partial charge in [0.1, 0.15) is 11.6 Å². The summed E-state index contributed by atoms with van der Waals surface area (Å²) in [4.78, 5) is 23.6. The number of nitrogens with two attached hydrogens (primary N) is 1. The molecule has 7 heteroatoms. The summed E-state index contributed by atoms with van der Waals surface area (Å²) in [6.07, 6.45) is 8.32. The standard InChI is InChI=1S/C21H27N5O2/c22-20(28)15-6-8-17(9-7-15)23-19(27)13-14-5-10-18-24-25-21(26(18)12-11-14)16-3-1-2-4-16/h6-9,14,16H,1-5,10-13H2,(H2,22,28)(H,23,27). The van der Waals surface area contributed by atoms with Crippen LogP contribution in [0.5, 0.6) is 0 Å². The molecule has 2 heterocycles. The molecule has 148 valence electrons. The van der Waals surface area contributed by atoms with E-state index < -0.39 is 5.91 Å². The molecule has 1 aliphatic carbocycles. The Hall–Kier alpha value is -2.70. The molecule has 2 aliphatic rings. The van der Waals surface area contributed by atoms with Crippen LogP contribution in [0.15, 0.2) is 24.3 Å². The minimum atomic E-state index is -0.472. The van der Waals surface area contributed by atoms with Crippen molar-refractivity contribution in [3.8, 4) is 0 Å². The molecule has 4 rings (SSSR count). The van der Waals surface area contributed by atoms with Crippen molar-refractivity contribution in [2.75, 3.05) is 5.32 Å². The molecule has 1 unspecified atom stereocenters. The third-order valence-electron chi connectivity index (χ3n) is 6.04. The normalized spacial score (nSPS) is 19.8. The summed E-state index contributed by atoms with van der Waals surface area (Å²) in [5.74, 6) is 2.66. The van der Waals surface area contributed by atoms with Crippen molar-refractivity contribution in [2.24, 2.45) is 11.7 Å². The van der Waals surface area contributed by atoms with Crippen molar-refractivity contribution in [2.45, 2.75) is 63.8 Å². The number of amides is 2. The van der Waals surface area contributed by atoms with Crippen molar-refractivity contribution in [1.29, 1.82) is 0 Å². The average molecular weight is 381 g/mol. The fraction of sp³-hybridized carbons (Fsp3) is 0.524. The first kappa shape index (κ1) is 18.7. The SMILES string of the molecule is NC(=O)c1ccc(NC(=O)CC2CCc3nnc(C4CCCC4)n3CC2)cc1. The topological polar surface area (TPSA) is 103 Å². The second kappa shape index (κ2) is 8.12. The molecule has 3 N–H and O–H groups in total. The van der Waals surface area contributed by atoms with E-state index in [4.69, 9.17) is 5.73 Å². The number of nitrogens with one attached hydrogen (secondary N) is 1. The number of rotatable bonds is 5. The number of carbonyl (C=O) groups excluding carboxylic acids is 2. The largest absolute Gasteiger partial charge is 0.366 e. The Bertz CT molecular complexity index is 852. The van der Waals surface area contributed by atoms with E-state index in [1.54, 1.807) is 24.3 Å². The molecule has 1 fully saturated rings. The molecule has 1 aliphatic heterocycles. The highest BCUT2D eigenvalue weighted by atomic mass is 16.2. The van der Waals surface area contributed by atoms with Crippen LogP contribution >= 0.6 is 0 Å². The van der Waals surface area contributed by atoms with Crippen LogP contribution in [-0.4, -0.2) is 26.6 Å². The Labute approximate surface area is 164 Å². The number of carbonyl (C=O) groups is 2. The van der Waals surface area contributed by atoms with Gasteiger partial charge < -0.3 is 15.6 Å². The maximum atomic E-state index is 12.5. The first-order chi connectivity index (χ1) is 13.6. The van der Waals surface area contributed by atoms with Crippen LogP contribution in [0.1, 0.15) is 72.9 Å². The van der Waals surface area contributed by atoms with E-state index >= 15 is 0 Å². The Balaban J connectivity index is 1.33. The summed E-state index contributed by atoms with van der Waals surface area (Å²) in [5, 5.41) is 11.8. The molecule has 1 saturated carbocycles. The van der Waals surface area contributed by atoms with Gasteiger partial charge in [0.05, 0.1) is 0 Å². The summed E-state index contributed by atoms with van der Waals surface area (Å²) in [5.41, 5.74) is 6.36. The Morgan fingerprint density at radius 1 is 1.07 bits per heavy atom. The van der Waals surface area contributed by atoms with Gasteiger partial charge >= 0.3 is 0 Å². The number of hydrogen-bond donors (Lipinski definition) is 2. The zero-order valence-electron chi connectivity index (χ0n) is 16.1. The van der Waals surface area contributed by atoms with Gasteiger partial charge in [0, 0.05) is 36.6 Å². The maximum absolute atomic E-state index is 12.5. The monoisotopic (exact) mass is 381 g/mol. The van der Waals surface area contributed by atoms with E-state index in [0.29, 0.717) is 29.5 Å². The van der Waals surface area contributed by atoms with Crippen molar-refractivity contribution in [3.05, 3.63) is 41.5 Å². The zero-order valence-corrected chi connectivity index (χ0v) is 16.1. The molecule has 2 aromatic rings. The molecular weight excluding hydrogens is 354 g/mol. The Kier molecular flexibility index (Phi) is 5.41. The van der Waals surface area contributed by atoms with Crippen molar-refractivity contribution in [1.82, 2.24) is 14.8 Å². The minimum absolute atomic E-state index is 0.00510. The summed E-state index contributed by atoms with van der Waals surface area (Å²) in [6, 6.07) is 6.67. The van der Waals surface area contributed by atoms with Crippen LogP contribution in [0, 0.1) is 5.92 Å². The van der Waals surface area contributed by atoms with Gasteiger partial charge in [-0.1, -0.05) is 12.8 Å². The van der Waals surface area contributed by atoms with Crippen molar-refractivity contribution < 1.29 is 9.59 Å². The second-order valence-electron chi connectivity index (χ2n) is 7.99. The van der Waals surface area contributed by atoms with E-state index in [-0.39, 0.29) is 5.91 Å². The van der Waals surface area contributed by atoms with Crippen LogP contribution in [-0.2, 0) is 17.8 Å². The first-order valence-corrected chi connectivity index (χ1v) is 10.2. The number of hydrogen-bond acceptors (Lipinski definition) is 4. The lowest BCUT2D eigenvalue weighted by Crippen LogP contribution is -2.17. The highest BCUT2D eigenvalue weighted by Gasteiger charge is 2.27. The van der Waals surface area contributed by atoms with Gasteiger partial charge in [-0.05, 0) is 55.9 Å². The highest BCUT2D eigenvalue weighted by Crippen LogP contribution is 2.34. The van der Waals surface area contributed by atoms with E-state index in [1.165, 1.54) is 25.7 Å². The number of benzene rings is 1. The van der Waals surface area contributed by atoms with Crippen molar-refractivity contribution >= 4 is 17.5 Å². The van der Waals surface area contributed by atoms with Crippen LogP contribution in [0.3, 0.4) is 0 Å². The lowest BCUT2D eigenvalue weighted by Gasteiger charge is -2.15. The van der Waals surface area contributed by atoms with Gasteiger partial charge in [-0.3, -0.25) is 9.59 Å². The van der Waals surface area contributed by atoms with Crippen molar-refractivity contribution in [3.63, 3.8) is 0 Å². The second-order valence-corrected chi connectivity index (χ2v) is 7.99. The van der Waals surface area contributed by atoms with Crippen LogP contribution < -0.4 is 11.1 Å². The molecule has 0 spiro atoms. The van der Waals surface area contributed by atoms with Gasteiger partial charge in [0.15, 0.2) is 0 Å². The molecule has 0 bridgehead atoms. The predicted octanol–water partition coefficient (Wildman–Crippen LogP) is 3.02. The van der Waals surface area contributed by atoms with Crippen LogP contribution in [0.2, 0.25) is 0 Å². The molecule has 2 amide bonds.